The highest BCUT2D eigenvalue weighted by Crippen LogP contribution is 2.11. The lowest BCUT2D eigenvalue weighted by Gasteiger charge is -2.13. The van der Waals surface area contributed by atoms with E-state index in [0.717, 1.165) is 0 Å². The molecule has 1 unspecified atom stereocenters. The molecule has 2 rings (SSSR count). The maximum atomic E-state index is 12.7. The molecule has 2 aromatic rings. The zero-order chi connectivity index (χ0) is 16.8. The van der Waals surface area contributed by atoms with Gasteiger partial charge in [-0.2, -0.15) is 5.26 Å². The van der Waals surface area contributed by atoms with E-state index in [1.54, 1.807) is 13.2 Å². The average molecular weight is 317 g/mol. The molecule has 0 fully saturated rings. The molecule has 6 nitrogen and oxygen atoms in total. The molecule has 0 radical (unpaired) electrons. The molecule has 1 amide bonds. The largest absolute Gasteiger partial charge is 0.491 e. The van der Waals surface area contributed by atoms with Gasteiger partial charge >= 0.3 is 0 Å². The Kier molecular flexibility index (Phi) is 5.33. The normalized spacial score (nSPS) is 11.6. The van der Waals surface area contributed by atoms with Gasteiger partial charge in [0, 0.05) is 19.8 Å². The Labute approximate surface area is 132 Å². The topological polar surface area (TPSA) is 87.3 Å². The Bertz CT molecular complexity index is 719. The first-order chi connectivity index (χ1) is 11.0. The minimum absolute atomic E-state index is 0.00685. The van der Waals surface area contributed by atoms with Crippen molar-refractivity contribution in [1.29, 1.82) is 5.26 Å². The van der Waals surface area contributed by atoms with Crippen molar-refractivity contribution in [2.75, 3.05) is 13.2 Å². The SMILES string of the molecule is Cn1cc(C#N)cc1C(=O)NCC(O)COc1ccc(F)cc1. The van der Waals surface area contributed by atoms with E-state index < -0.39 is 12.0 Å². The molecule has 0 aliphatic carbocycles. The number of aliphatic hydroxyl groups is 1. The number of carbonyl (C=O) groups is 1. The summed E-state index contributed by atoms with van der Waals surface area (Å²) >= 11 is 0. The number of halogens is 1. The highest BCUT2D eigenvalue weighted by molar-refractivity contribution is 5.93. The van der Waals surface area contributed by atoms with E-state index in [-0.39, 0.29) is 19.0 Å². The Hall–Kier alpha value is -2.85. The van der Waals surface area contributed by atoms with Crippen LogP contribution in [0.3, 0.4) is 0 Å². The van der Waals surface area contributed by atoms with Gasteiger partial charge in [-0.25, -0.2) is 4.39 Å². The highest BCUT2D eigenvalue weighted by atomic mass is 19.1. The number of hydrogen-bond donors (Lipinski definition) is 2. The molecular formula is C16H16FN3O3. The van der Waals surface area contributed by atoms with E-state index >= 15 is 0 Å². The monoisotopic (exact) mass is 317 g/mol. The Morgan fingerprint density at radius 3 is 2.78 bits per heavy atom. The number of aryl methyl sites for hydroxylation is 1. The maximum absolute atomic E-state index is 12.7. The molecule has 23 heavy (non-hydrogen) atoms. The first-order valence-electron chi connectivity index (χ1n) is 6.90. The number of nitrogens with one attached hydrogen (secondary N) is 1. The van der Waals surface area contributed by atoms with Gasteiger partial charge in [0.15, 0.2) is 0 Å². The molecule has 2 N–H and O–H groups in total. The first-order valence-corrected chi connectivity index (χ1v) is 6.90. The minimum Gasteiger partial charge on any atom is -0.491 e. The summed E-state index contributed by atoms with van der Waals surface area (Å²) in [5, 5.41) is 21.2. The molecule has 1 aromatic heterocycles. The highest BCUT2D eigenvalue weighted by Gasteiger charge is 2.13. The predicted octanol–water partition coefficient (Wildman–Crippen LogP) is 1.21. The van der Waals surface area contributed by atoms with E-state index in [1.807, 2.05) is 6.07 Å². The van der Waals surface area contributed by atoms with Gasteiger partial charge < -0.3 is 19.7 Å². The number of hydrogen-bond acceptors (Lipinski definition) is 4. The van der Waals surface area contributed by atoms with E-state index in [0.29, 0.717) is 17.0 Å². The quantitative estimate of drug-likeness (QED) is 0.838. The molecule has 1 heterocycles. The standard InChI is InChI=1S/C16H16FN3O3/c1-20-9-11(7-18)6-15(20)16(22)19-8-13(21)10-23-14-4-2-12(17)3-5-14/h2-6,9,13,21H,8,10H2,1H3,(H,19,22). The van der Waals surface area contributed by atoms with E-state index in [9.17, 15) is 14.3 Å². The fourth-order valence-electron chi connectivity index (χ4n) is 1.93. The molecule has 120 valence electrons. The summed E-state index contributed by atoms with van der Waals surface area (Å²) < 4.78 is 19.6. The third kappa shape index (κ3) is 4.56. The van der Waals surface area contributed by atoms with Crippen LogP contribution in [0.4, 0.5) is 4.39 Å². The van der Waals surface area contributed by atoms with Gasteiger partial charge in [0.05, 0.1) is 5.56 Å². The zero-order valence-corrected chi connectivity index (χ0v) is 12.5. The van der Waals surface area contributed by atoms with Crippen molar-refractivity contribution in [2.24, 2.45) is 7.05 Å². The Morgan fingerprint density at radius 1 is 1.48 bits per heavy atom. The van der Waals surface area contributed by atoms with Gasteiger partial charge in [0.1, 0.15) is 36.0 Å². The van der Waals surface area contributed by atoms with Crippen LogP contribution in [0.5, 0.6) is 5.75 Å². The van der Waals surface area contributed by atoms with Gasteiger partial charge in [0.25, 0.3) is 5.91 Å². The van der Waals surface area contributed by atoms with Crippen molar-refractivity contribution in [2.45, 2.75) is 6.10 Å². The predicted molar refractivity (Wildman–Crippen MR) is 80.4 cm³/mol. The van der Waals surface area contributed by atoms with Crippen molar-refractivity contribution in [1.82, 2.24) is 9.88 Å². The third-order valence-electron chi connectivity index (χ3n) is 3.12. The summed E-state index contributed by atoms with van der Waals surface area (Å²) in [7, 11) is 1.66. The molecule has 0 aliphatic rings. The molecule has 1 atom stereocenters. The molecule has 0 saturated heterocycles. The van der Waals surface area contributed by atoms with Crippen LogP contribution in [0.2, 0.25) is 0 Å². The molecular weight excluding hydrogens is 301 g/mol. The van der Waals surface area contributed by atoms with E-state index in [2.05, 4.69) is 5.32 Å². The average Bonchev–Trinajstić information content (AvgIpc) is 2.93. The Morgan fingerprint density at radius 2 is 2.17 bits per heavy atom. The number of nitrogens with zero attached hydrogens (tertiary/aromatic N) is 2. The van der Waals surface area contributed by atoms with Crippen LogP contribution >= 0.6 is 0 Å². The number of nitriles is 1. The van der Waals surface area contributed by atoms with Crippen LogP contribution in [0.15, 0.2) is 36.5 Å². The van der Waals surface area contributed by atoms with Crippen LogP contribution in [-0.2, 0) is 7.05 Å². The number of benzene rings is 1. The molecule has 7 heteroatoms. The Balaban J connectivity index is 1.80. The van der Waals surface area contributed by atoms with Crippen LogP contribution in [-0.4, -0.2) is 34.8 Å². The second-order valence-electron chi connectivity index (χ2n) is 4.97. The smallest absolute Gasteiger partial charge is 0.268 e. The molecule has 0 spiro atoms. The summed E-state index contributed by atoms with van der Waals surface area (Å²) in [6.07, 6.45) is 0.628. The van der Waals surface area contributed by atoms with Gasteiger partial charge in [-0.05, 0) is 30.3 Å². The van der Waals surface area contributed by atoms with E-state index in [1.165, 1.54) is 34.9 Å². The number of aliphatic hydroxyl groups excluding tert-OH is 1. The molecule has 0 aliphatic heterocycles. The lowest BCUT2D eigenvalue weighted by atomic mass is 10.3. The third-order valence-corrected chi connectivity index (χ3v) is 3.12. The molecule has 1 aromatic carbocycles. The van der Waals surface area contributed by atoms with Crippen LogP contribution in [0.25, 0.3) is 0 Å². The van der Waals surface area contributed by atoms with Gasteiger partial charge in [-0.1, -0.05) is 0 Å². The second-order valence-corrected chi connectivity index (χ2v) is 4.97. The lowest BCUT2D eigenvalue weighted by molar-refractivity contribution is 0.0837. The van der Waals surface area contributed by atoms with Crippen molar-refractivity contribution >= 4 is 5.91 Å². The van der Waals surface area contributed by atoms with Crippen molar-refractivity contribution < 1.29 is 19.0 Å². The number of amides is 1. The summed E-state index contributed by atoms with van der Waals surface area (Å²) in [6, 6.07) is 8.84. The summed E-state index contributed by atoms with van der Waals surface area (Å²) in [5.74, 6) is -0.336. The van der Waals surface area contributed by atoms with Crippen LogP contribution in [0.1, 0.15) is 16.1 Å². The fraction of sp³-hybridized carbons (Fsp3) is 0.250. The van der Waals surface area contributed by atoms with Gasteiger partial charge in [0.2, 0.25) is 0 Å². The summed E-state index contributed by atoms with van der Waals surface area (Å²) in [6.45, 7) is -0.0460. The van der Waals surface area contributed by atoms with Gasteiger partial charge in [-0.15, -0.1) is 0 Å². The van der Waals surface area contributed by atoms with Crippen molar-refractivity contribution in [3.05, 3.63) is 53.6 Å². The minimum atomic E-state index is -0.917. The number of carbonyl (C=O) groups excluding carboxylic acids is 1. The summed E-state index contributed by atoms with van der Waals surface area (Å²) in [4.78, 5) is 12.0. The van der Waals surface area contributed by atoms with Crippen LogP contribution < -0.4 is 10.1 Å². The number of aromatic nitrogens is 1. The van der Waals surface area contributed by atoms with Gasteiger partial charge in [-0.3, -0.25) is 4.79 Å². The zero-order valence-electron chi connectivity index (χ0n) is 12.5. The van der Waals surface area contributed by atoms with Crippen LogP contribution in [0, 0.1) is 17.1 Å². The van der Waals surface area contributed by atoms with E-state index in [4.69, 9.17) is 10.00 Å². The molecule has 0 bridgehead atoms. The lowest BCUT2D eigenvalue weighted by Crippen LogP contribution is -2.36. The number of ether oxygens (including phenoxy) is 1. The van der Waals surface area contributed by atoms with Crippen molar-refractivity contribution in [3.63, 3.8) is 0 Å². The maximum Gasteiger partial charge on any atom is 0.268 e. The molecule has 0 saturated carbocycles. The summed E-state index contributed by atoms with van der Waals surface area (Å²) in [5.41, 5.74) is 0.714. The first kappa shape index (κ1) is 16.5. The second kappa shape index (κ2) is 7.42. The number of rotatable bonds is 6. The van der Waals surface area contributed by atoms with Crippen molar-refractivity contribution in [3.8, 4) is 11.8 Å². The fourth-order valence-corrected chi connectivity index (χ4v) is 1.93.